The van der Waals surface area contributed by atoms with Crippen molar-refractivity contribution in [1.29, 1.82) is 0 Å². The molecule has 0 N–H and O–H groups in total. The number of alkyl halides is 3. The number of halogens is 5. The number of hydrogen-bond donors (Lipinski definition) is 0. The van der Waals surface area contributed by atoms with E-state index in [0.717, 1.165) is 12.1 Å². The molecule has 0 aliphatic carbocycles. The summed E-state index contributed by atoms with van der Waals surface area (Å²) in [4.78, 5) is 0. The van der Waals surface area contributed by atoms with Crippen molar-refractivity contribution in [2.45, 2.75) is 32.4 Å². The van der Waals surface area contributed by atoms with Crippen molar-refractivity contribution < 1.29 is 26.7 Å². The molecule has 18 heavy (non-hydrogen) atoms. The first-order chi connectivity index (χ1) is 8.00. The molecule has 6 heteroatoms. The summed E-state index contributed by atoms with van der Waals surface area (Å²) >= 11 is 0. The van der Waals surface area contributed by atoms with Gasteiger partial charge in [0.2, 0.25) is 0 Å². The maximum atomic E-state index is 13.6. The van der Waals surface area contributed by atoms with Gasteiger partial charge in [-0.25, -0.2) is 8.78 Å². The Bertz CT molecular complexity index is 408. The topological polar surface area (TPSA) is 9.23 Å². The van der Waals surface area contributed by atoms with Crippen LogP contribution in [0.25, 0.3) is 0 Å². The SMILES string of the molecule is CC(C)(C)c1c(F)cc(OCC(F)(F)F)cc1F. The molecule has 0 bridgehead atoms. The van der Waals surface area contributed by atoms with Gasteiger partial charge in [0.25, 0.3) is 0 Å². The summed E-state index contributed by atoms with van der Waals surface area (Å²) in [6, 6.07) is 1.52. The van der Waals surface area contributed by atoms with E-state index < -0.39 is 35.6 Å². The maximum absolute atomic E-state index is 13.6. The minimum absolute atomic E-state index is 0.179. The Balaban J connectivity index is 3.01. The van der Waals surface area contributed by atoms with Gasteiger partial charge in [-0.1, -0.05) is 20.8 Å². The van der Waals surface area contributed by atoms with Gasteiger partial charge < -0.3 is 4.74 Å². The largest absolute Gasteiger partial charge is 0.484 e. The molecule has 1 rings (SSSR count). The Labute approximate surface area is 102 Å². The van der Waals surface area contributed by atoms with Gasteiger partial charge in [-0.2, -0.15) is 13.2 Å². The molecule has 0 fully saturated rings. The lowest BCUT2D eigenvalue weighted by Crippen LogP contribution is -2.20. The Morgan fingerprint density at radius 3 is 1.78 bits per heavy atom. The van der Waals surface area contributed by atoms with Crippen LogP contribution in [0.4, 0.5) is 22.0 Å². The minimum atomic E-state index is -4.55. The van der Waals surface area contributed by atoms with E-state index in [4.69, 9.17) is 0 Å². The quantitative estimate of drug-likeness (QED) is 0.730. The lowest BCUT2D eigenvalue weighted by molar-refractivity contribution is -0.153. The molecule has 0 heterocycles. The summed E-state index contributed by atoms with van der Waals surface area (Å²) in [5.74, 6) is -2.31. The van der Waals surface area contributed by atoms with Crippen LogP contribution in [-0.2, 0) is 5.41 Å². The summed E-state index contributed by atoms with van der Waals surface area (Å²) in [6.07, 6.45) is -4.55. The zero-order valence-corrected chi connectivity index (χ0v) is 10.2. The van der Waals surface area contributed by atoms with Crippen LogP contribution in [0.1, 0.15) is 26.3 Å². The van der Waals surface area contributed by atoms with Crippen LogP contribution in [0.5, 0.6) is 5.75 Å². The van der Waals surface area contributed by atoms with Crippen molar-refractivity contribution >= 4 is 0 Å². The van der Waals surface area contributed by atoms with Crippen molar-refractivity contribution in [3.8, 4) is 5.75 Å². The third-order valence-electron chi connectivity index (χ3n) is 2.17. The Morgan fingerprint density at radius 2 is 1.44 bits per heavy atom. The first-order valence-corrected chi connectivity index (χ1v) is 5.20. The van der Waals surface area contributed by atoms with E-state index in [1.807, 2.05) is 0 Å². The van der Waals surface area contributed by atoms with Gasteiger partial charge in [0, 0.05) is 17.7 Å². The monoisotopic (exact) mass is 268 g/mol. The van der Waals surface area contributed by atoms with E-state index in [1.165, 1.54) is 0 Å². The van der Waals surface area contributed by atoms with Crippen molar-refractivity contribution in [3.63, 3.8) is 0 Å². The van der Waals surface area contributed by atoms with Gasteiger partial charge in [0.15, 0.2) is 6.61 Å². The van der Waals surface area contributed by atoms with Crippen molar-refractivity contribution in [3.05, 3.63) is 29.3 Å². The zero-order chi connectivity index (χ0) is 14.1. The fraction of sp³-hybridized carbons (Fsp3) is 0.500. The second-order valence-electron chi connectivity index (χ2n) is 4.92. The van der Waals surface area contributed by atoms with Gasteiger partial charge >= 0.3 is 6.18 Å². The Morgan fingerprint density at radius 1 is 1.00 bits per heavy atom. The van der Waals surface area contributed by atoms with E-state index >= 15 is 0 Å². The molecule has 0 radical (unpaired) electrons. The smallest absolute Gasteiger partial charge is 0.422 e. The van der Waals surface area contributed by atoms with Gasteiger partial charge in [-0.05, 0) is 5.41 Å². The van der Waals surface area contributed by atoms with Crippen LogP contribution in [0.3, 0.4) is 0 Å². The fourth-order valence-electron chi connectivity index (χ4n) is 1.51. The van der Waals surface area contributed by atoms with E-state index in [-0.39, 0.29) is 5.56 Å². The van der Waals surface area contributed by atoms with Crippen LogP contribution in [0.15, 0.2) is 12.1 Å². The Hall–Kier alpha value is -1.33. The highest BCUT2D eigenvalue weighted by Gasteiger charge is 2.29. The molecular formula is C12H13F5O. The highest BCUT2D eigenvalue weighted by Crippen LogP contribution is 2.31. The highest BCUT2D eigenvalue weighted by molar-refractivity contribution is 5.34. The normalized spacial score (nSPS) is 12.7. The average molecular weight is 268 g/mol. The predicted molar refractivity (Wildman–Crippen MR) is 56.6 cm³/mol. The van der Waals surface area contributed by atoms with Gasteiger partial charge in [-0.3, -0.25) is 0 Å². The molecule has 1 nitrogen and oxygen atoms in total. The van der Waals surface area contributed by atoms with Crippen LogP contribution in [-0.4, -0.2) is 12.8 Å². The second-order valence-corrected chi connectivity index (χ2v) is 4.92. The molecule has 0 unspecified atom stereocenters. The van der Waals surface area contributed by atoms with E-state index in [1.54, 1.807) is 20.8 Å². The highest BCUT2D eigenvalue weighted by atomic mass is 19.4. The van der Waals surface area contributed by atoms with Crippen molar-refractivity contribution in [2.75, 3.05) is 6.61 Å². The number of ether oxygens (including phenoxy) is 1. The Kier molecular flexibility index (Phi) is 3.88. The number of rotatable bonds is 2. The lowest BCUT2D eigenvalue weighted by atomic mass is 9.86. The second kappa shape index (κ2) is 4.74. The third-order valence-corrected chi connectivity index (χ3v) is 2.17. The summed E-state index contributed by atoms with van der Waals surface area (Å²) in [7, 11) is 0. The van der Waals surface area contributed by atoms with E-state index in [0.29, 0.717) is 0 Å². The molecule has 0 amide bonds. The number of hydrogen-bond acceptors (Lipinski definition) is 1. The summed E-state index contributed by atoms with van der Waals surface area (Å²) < 4.78 is 67.2. The molecule has 0 saturated heterocycles. The minimum Gasteiger partial charge on any atom is -0.484 e. The first-order valence-electron chi connectivity index (χ1n) is 5.20. The van der Waals surface area contributed by atoms with Crippen LogP contribution in [0, 0.1) is 11.6 Å². The predicted octanol–water partition coefficient (Wildman–Crippen LogP) is 4.20. The first kappa shape index (κ1) is 14.7. The third kappa shape index (κ3) is 3.85. The molecule has 1 aromatic rings. The van der Waals surface area contributed by atoms with Crippen LogP contribution < -0.4 is 4.74 Å². The van der Waals surface area contributed by atoms with Crippen molar-refractivity contribution in [2.24, 2.45) is 0 Å². The zero-order valence-electron chi connectivity index (χ0n) is 10.2. The van der Waals surface area contributed by atoms with Gasteiger partial charge in [0.05, 0.1) is 0 Å². The summed E-state index contributed by atoms with van der Waals surface area (Å²) in [6.45, 7) is 3.22. The van der Waals surface area contributed by atoms with Crippen molar-refractivity contribution in [1.82, 2.24) is 0 Å². The van der Waals surface area contributed by atoms with Crippen LogP contribution in [0.2, 0.25) is 0 Å². The average Bonchev–Trinajstić information content (AvgIpc) is 2.10. The maximum Gasteiger partial charge on any atom is 0.422 e. The summed E-state index contributed by atoms with van der Waals surface area (Å²) in [5.41, 5.74) is -0.960. The molecule has 102 valence electrons. The summed E-state index contributed by atoms with van der Waals surface area (Å²) in [5, 5.41) is 0. The van der Waals surface area contributed by atoms with E-state index in [2.05, 4.69) is 4.74 Å². The van der Waals surface area contributed by atoms with Gasteiger partial charge in [-0.15, -0.1) is 0 Å². The molecule has 0 saturated carbocycles. The molecule has 0 spiro atoms. The molecule has 0 aliphatic rings. The van der Waals surface area contributed by atoms with E-state index in [9.17, 15) is 22.0 Å². The van der Waals surface area contributed by atoms with Crippen LogP contribution >= 0.6 is 0 Å². The van der Waals surface area contributed by atoms with Gasteiger partial charge in [0.1, 0.15) is 17.4 Å². The lowest BCUT2D eigenvalue weighted by Gasteiger charge is -2.21. The standard InChI is InChI=1S/C12H13F5O/c1-11(2,3)10-8(13)4-7(5-9(10)14)18-6-12(15,16)17/h4-5H,6H2,1-3H3. The molecule has 0 atom stereocenters. The number of benzene rings is 1. The molecule has 1 aromatic carbocycles. The fourth-order valence-corrected chi connectivity index (χ4v) is 1.51. The molecule has 0 aromatic heterocycles. The molecular weight excluding hydrogens is 255 g/mol. The molecule has 0 aliphatic heterocycles.